The zero-order valence-corrected chi connectivity index (χ0v) is 15.0. The van der Waals surface area contributed by atoms with Gasteiger partial charge in [-0.05, 0) is 13.1 Å². The first kappa shape index (κ1) is 16.6. The summed E-state index contributed by atoms with van der Waals surface area (Å²) in [6.07, 6.45) is 0.467. The second-order valence-electron chi connectivity index (χ2n) is 5.47. The zero-order valence-electron chi connectivity index (χ0n) is 11.8. The van der Waals surface area contributed by atoms with Crippen LogP contribution in [-0.2, 0) is 13.0 Å². The summed E-state index contributed by atoms with van der Waals surface area (Å²) in [6, 6.07) is 0. The minimum absolute atomic E-state index is 0.467. The van der Waals surface area contributed by atoms with E-state index in [2.05, 4.69) is 4.90 Å². The molecule has 18 heavy (non-hydrogen) atoms. The summed E-state index contributed by atoms with van der Waals surface area (Å²) < 4.78 is 16.9. The van der Waals surface area contributed by atoms with E-state index in [4.69, 9.17) is 20.4 Å². The van der Waals surface area contributed by atoms with Crippen molar-refractivity contribution in [3.8, 4) is 0 Å². The van der Waals surface area contributed by atoms with Gasteiger partial charge in [-0.3, -0.25) is 4.90 Å². The topological polar surface area (TPSA) is 51.2 Å². The molecule has 1 atom stereocenters. The van der Waals surface area contributed by atoms with E-state index in [9.17, 15) is 4.80 Å². The van der Waals surface area contributed by atoms with E-state index in [0.29, 0.717) is 19.4 Å². The molecule has 0 bridgehead atoms. The molecule has 1 unspecified atom stereocenters. The van der Waals surface area contributed by atoms with Crippen LogP contribution < -0.4 is 0 Å². The van der Waals surface area contributed by atoms with Crippen LogP contribution in [0, 0.1) is 0 Å². The Kier molecular flexibility index (Phi) is 6.26. The Morgan fingerprint density at radius 1 is 1.33 bits per heavy atom. The summed E-state index contributed by atoms with van der Waals surface area (Å²) in [5.41, 5.74) is 0. The number of ether oxygens (including phenoxy) is 1. The molecule has 2 radical (unpaired) electrons. The van der Waals surface area contributed by atoms with Crippen LogP contribution in [0.1, 0.15) is 0 Å². The van der Waals surface area contributed by atoms with Crippen molar-refractivity contribution in [1.82, 2.24) is 4.90 Å². The summed E-state index contributed by atoms with van der Waals surface area (Å²) >= 11 is 0. The molecule has 1 aliphatic heterocycles. The Bertz CT molecular complexity index is 261. The summed E-state index contributed by atoms with van der Waals surface area (Å²) in [5, 5.41) is 0. The van der Waals surface area contributed by atoms with Crippen LogP contribution in [0.15, 0.2) is 0 Å². The molecule has 104 valence electrons. The number of hydrogen-bond acceptors (Lipinski definition) is 5. The highest BCUT2D eigenvalue weighted by molar-refractivity contribution is 7.14. The van der Waals surface area contributed by atoms with Gasteiger partial charge in [0.15, 0.2) is 9.04 Å². The molecular weight excluding hydrogens is 281 g/mol. The van der Waals surface area contributed by atoms with Crippen molar-refractivity contribution in [2.75, 3.05) is 32.5 Å². The third kappa shape index (κ3) is 6.62. The van der Waals surface area contributed by atoms with Crippen molar-refractivity contribution in [2.24, 2.45) is 0 Å². The van der Waals surface area contributed by atoms with Crippen LogP contribution >= 0.6 is 0 Å². The summed E-state index contributed by atoms with van der Waals surface area (Å²) in [4.78, 5) is 12.8. The molecular formula is C9H24BNO4Si3. The summed E-state index contributed by atoms with van der Waals surface area (Å²) in [6.45, 7) is 10.8. The molecule has 1 heterocycles. The SMILES string of the molecule is [B][Si](C)(C)O[Si](O)(CN1CCOCC1)O[SiH](C)C. The van der Waals surface area contributed by atoms with Gasteiger partial charge in [-0.2, -0.15) is 0 Å². The van der Waals surface area contributed by atoms with Crippen LogP contribution in [0.5, 0.6) is 0 Å². The standard InChI is InChI=1S/C9H24BNO4Si3/c1-16(2)14-18(12,15-17(3,4)10)9-11-5-7-13-8-6-11/h12,16H,5-9H2,1-4H3. The van der Waals surface area contributed by atoms with E-state index < -0.39 is 26.0 Å². The van der Waals surface area contributed by atoms with Gasteiger partial charge in [0, 0.05) is 13.1 Å². The highest BCUT2D eigenvalue weighted by atomic mass is 28.5. The average Bonchev–Trinajstić information content (AvgIpc) is 2.13. The predicted molar refractivity (Wildman–Crippen MR) is 79.5 cm³/mol. The lowest BCUT2D eigenvalue weighted by Gasteiger charge is -2.37. The minimum atomic E-state index is -3.17. The predicted octanol–water partition coefficient (Wildman–Crippen LogP) is -0.324. The highest BCUT2D eigenvalue weighted by Crippen LogP contribution is 2.14. The van der Waals surface area contributed by atoms with Crippen molar-refractivity contribution in [3.05, 3.63) is 0 Å². The molecule has 0 aromatic carbocycles. The number of nitrogens with zero attached hydrogens (tertiary/aromatic N) is 1. The molecule has 1 fully saturated rings. The number of rotatable bonds is 6. The first-order valence-corrected chi connectivity index (χ1v) is 14.1. The largest absolute Gasteiger partial charge is 0.491 e. The maximum Gasteiger partial charge on any atom is 0.491 e. The van der Waals surface area contributed by atoms with Crippen molar-refractivity contribution < 1.29 is 17.8 Å². The van der Waals surface area contributed by atoms with E-state index in [1.807, 2.05) is 26.2 Å². The van der Waals surface area contributed by atoms with E-state index >= 15 is 0 Å². The number of morpholine rings is 1. The van der Waals surface area contributed by atoms with Crippen molar-refractivity contribution in [3.63, 3.8) is 0 Å². The maximum absolute atomic E-state index is 10.7. The fraction of sp³-hybridized carbons (Fsp3) is 1.00. The van der Waals surface area contributed by atoms with Crippen LogP contribution in [-0.4, -0.2) is 75.6 Å². The lowest BCUT2D eigenvalue weighted by atomic mass is 10.5. The van der Waals surface area contributed by atoms with E-state index in [1.165, 1.54) is 0 Å². The van der Waals surface area contributed by atoms with Gasteiger partial charge in [-0.1, -0.05) is 13.1 Å². The lowest BCUT2D eigenvalue weighted by molar-refractivity contribution is 0.0383. The molecule has 9 heteroatoms. The van der Waals surface area contributed by atoms with Gasteiger partial charge in [0.1, 0.15) is 8.19 Å². The molecule has 1 aliphatic rings. The van der Waals surface area contributed by atoms with E-state index in [1.54, 1.807) is 0 Å². The Morgan fingerprint density at radius 2 is 1.89 bits per heavy atom. The molecule has 0 saturated carbocycles. The Hall–Kier alpha value is 0.516. The molecule has 0 aliphatic carbocycles. The minimum Gasteiger partial charge on any atom is -0.424 e. The molecule has 0 aromatic heterocycles. The second-order valence-corrected chi connectivity index (χ2v) is 14.3. The van der Waals surface area contributed by atoms with Gasteiger partial charge in [0.05, 0.1) is 26.8 Å². The molecule has 0 aromatic rings. The summed E-state index contributed by atoms with van der Waals surface area (Å²) in [7, 11) is -0.835. The Balaban J connectivity index is 2.63. The molecule has 1 saturated heterocycles. The van der Waals surface area contributed by atoms with Crippen molar-refractivity contribution in [2.45, 2.75) is 26.2 Å². The van der Waals surface area contributed by atoms with Crippen LogP contribution in [0.2, 0.25) is 26.2 Å². The van der Waals surface area contributed by atoms with Crippen molar-refractivity contribution in [1.29, 1.82) is 0 Å². The summed E-state index contributed by atoms with van der Waals surface area (Å²) in [5.74, 6) is 0. The van der Waals surface area contributed by atoms with Gasteiger partial charge in [0.25, 0.3) is 0 Å². The van der Waals surface area contributed by atoms with Gasteiger partial charge >= 0.3 is 8.80 Å². The first-order chi connectivity index (χ1) is 8.20. The molecule has 5 nitrogen and oxygen atoms in total. The van der Waals surface area contributed by atoms with Crippen molar-refractivity contribution >= 4 is 33.5 Å². The van der Waals surface area contributed by atoms with Crippen LogP contribution in [0.25, 0.3) is 0 Å². The van der Waals surface area contributed by atoms with Crippen LogP contribution in [0.3, 0.4) is 0 Å². The van der Waals surface area contributed by atoms with Gasteiger partial charge in [-0.15, -0.1) is 0 Å². The first-order valence-electron chi connectivity index (χ1n) is 6.39. The average molecular weight is 305 g/mol. The maximum atomic E-state index is 10.7. The number of hydrogen-bond donors (Lipinski definition) is 1. The second kappa shape index (κ2) is 6.80. The van der Waals surface area contributed by atoms with E-state index in [-0.39, 0.29) is 0 Å². The third-order valence-electron chi connectivity index (χ3n) is 2.37. The quantitative estimate of drug-likeness (QED) is 0.682. The fourth-order valence-electron chi connectivity index (χ4n) is 1.91. The monoisotopic (exact) mass is 305 g/mol. The fourth-order valence-corrected chi connectivity index (χ4v) is 10.2. The van der Waals surface area contributed by atoms with Crippen LogP contribution in [0.4, 0.5) is 0 Å². The smallest absolute Gasteiger partial charge is 0.424 e. The molecule has 1 N–H and O–H groups in total. The lowest BCUT2D eigenvalue weighted by Crippen LogP contribution is -2.61. The zero-order chi connectivity index (χ0) is 13.8. The van der Waals surface area contributed by atoms with Gasteiger partial charge in [0.2, 0.25) is 0 Å². The normalized spacial score (nSPS) is 22.1. The molecule has 0 amide bonds. The van der Waals surface area contributed by atoms with Gasteiger partial charge < -0.3 is 17.8 Å². The Morgan fingerprint density at radius 3 is 2.33 bits per heavy atom. The van der Waals surface area contributed by atoms with E-state index in [0.717, 1.165) is 13.1 Å². The Labute approximate surface area is 115 Å². The van der Waals surface area contributed by atoms with Gasteiger partial charge in [-0.25, -0.2) is 0 Å². The molecule has 1 rings (SSSR count). The molecule has 0 spiro atoms. The third-order valence-corrected chi connectivity index (χ3v) is 9.96. The highest BCUT2D eigenvalue weighted by Gasteiger charge is 2.43.